The van der Waals surface area contributed by atoms with E-state index in [2.05, 4.69) is 15.6 Å². The first-order chi connectivity index (χ1) is 17.1. The van der Waals surface area contributed by atoms with E-state index in [0.29, 0.717) is 16.9 Å². The number of halogens is 3. The highest BCUT2D eigenvalue weighted by Gasteiger charge is 2.30. The molecule has 36 heavy (non-hydrogen) atoms. The second-order valence-corrected chi connectivity index (χ2v) is 7.20. The van der Waals surface area contributed by atoms with Gasteiger partial charge in [0.1, 0.15) is 5.82 Å². The summed E-state index contributed by atoms with van der Waals surface area (Å²) in [5.74, 6) is -0.932. The van der Waals surface area contributed by atoms with Crippen LogP contribution < -0.4 is 16.4 Å². The summed E-state index contributed by atoms with van der Waals surface area (Å²) in [5.41, 5.74) is 5.97. The van der Waals surface area contributed by atoms with E-state index in [4.69, 9.17) is 10.5 Å². The Morgan fingerprint density at radius 3 is 2.36 bits per heavy atom. The highest BCUT2D eigenvalue weighted by atomic mass is 19.4. The number of rotatable bonds is 7. The van der Waals surface area contributed by atoms with Gasteiger partial charge >= 0.3 is 6.18 Å². The van der Waals surface area contributed by atoms with Crippen molar-refractivity contribution in [1.82, 2.24) is 4.98 Å². The number of nitrogens with one attached hydrogen (secondary N) is 2. The maximum Gasteiger partial charge on any atom is 0.416 e. The third-order valence-electron chi connectivity index (χ3n) is 4.53. The summed E-state index contributed by atoms with van der Waals surface area (Å²) in [7, 11) is 0. The number of ether oxygens (including phenoxy) is 1. The van der Waals surface area contributed by atoms with Gasteiger partial charge in [0.2, 0.25) is 5.91 Å². The van der Waals surface area contributed by atoms with E-state index in [0.717, 1.165) is 25.3 Å². The van der Waals surface area contributed by atoms with E-state index < -0.39 is 23.6 Å². The standard InChI is InChI=1S/C22H17F3N4O2.C4H10O/c23-22(24,25)16-6-2-5-15(13-16)21(31)28-17-7-1-4-14(12-17)9-10-19(30)29-18-8-3-11-27-20(18)26;1-3-5-4-2/h1-13H,(H2,26,27)(H,28,31)(H,29,30);3-4H2,1-2H3/b10-9+;. The van der Waals surface area contributed by atoms with Crippen molar-refractivity contribution in [2.75, 3.05) is 29.6 Å². The third kappa shape index (κ3) is 9.22. The van der Waals surface area contributed by atoms with Crippen LogP contribution in [0, 0.1) is 0 Å². The molecule has 3 aromatic rings. The van der Waals surface area contributed by atoms with Crippen LogP contribution in [-0.4, -0.2) is 30.0 Å². The van der Waals surface area contributed by atoms with E-state index in [1.54, 1.807) is 36.4 Å². The highest BCUT2D eigenvalue weighted by Crippen LogP contribution is 2.29. The van der Waals surface area contributed by atoms with Crippen molar-refractivity contribution in [2.45, 2.75) is 20.0 Å². The zero-order chi connectivity index (χ0) is 26.6. The number of amides is 2. The van der Waals surface area contributed by atoms with E-state index in [9.17, 15) is 22.8 Å². The molecule has 0 saturated carbocycles. The number of carbonyl (C=O) groups is 2. The van der Waals surface area contributed by atoms with Gasteiger partial charge in [-0.15, -0.1) is 0 Å². The van der Waals surface area contributed by atoms with Crippen LogP contribution in [0.3, 0.4) is 0 Å². The average molecular weight is 501 g/mol. The van der Waals surface area contributed by atoms with E-state index in [1.807, 2.05) is 13.8 Å². The first kappa shape index (κ1) is 28.1. The molecule has 0 spiro atoms. The number of carbonyl (C=O) groups excluding carboxylic acids is 2. The van der Waals surface area contributed by atoms with Crippen LogP contribution in [0.25, 0.3) is 6.08 Å². The van der Waals surface area contributed by atoms with Gasteiger partial charge in [0, 0.05) is 36.7 Å². The van der Waals surface area contributed by atoms with Crippen LogP contribution in [0.15, 0.2) is 72.9 Å². The van der Waals surface area contributed by atoms with Crippen molar-refractivity contribution >= 4 is 35.1 Å². The molecular formula is C26H27F3N4O3. The number of benzene rings is 2. The van der Waals surface area contributed by atoms with Crippen molar-refractivity contribution in [2.24, 2.45) is 0 Å². The smallest absolute Gasteiger partial charge is 0.382 e. The Balaban J connectivity index is 0.000000830. The molecule has 2 aromatic carbocycles. The number of nitrogens with zero attached hydrogens (tertiary/aromatic N) is 1. The lowest BCUT2D eigenvalue weighted by Gasteiger charge is -2.09. The van der Waals surface area contributed by atoms with E-state index in [1.165, 1.54) is 30.5 Å². The molecule has 3 rings (SSSR count). The predicted molar refractivity (Wildman–Crippen MR) is 134 cm³/mol. The quantitative estimate of drug-likeness (QED) is 0.365. The van der Waals surface area contributed by atoms with Crippen molar-refractivity contribution in [3.8, 4) is 0 Å². The van der Waals surface area contributed by atoms with Gasteiger partial charge < -0.3 is 21.1 Å². The number of hydrogen-bond acceptors (Lipinski definition) is 5. The summed E-state index contributed by atoms with van der Waals surface area (Å²) < 4.78 is 43.3. The fourth-order valence-corrected chi connectivity index (χ4v) is 2.83. The molecule has 1 heterocycles. The topological polar surface area (TPSA) is 106 Å². The summed E-state index contributed by atoms with van der Waals surface area (Å²) >= 11 is 0. The Bertz CT molecular complexity index is 1190. The molecule has 0 aliphatic heterocycles. The van der Waals surface area contributed by atoms with Crippen LogP contribution in [0.4, 0.5) is 30.4 Å². The molecule has 0 bridgehead atoms. The molecule has 190 valence electrons. The number of nitrogens with two attached hydrogens (primary N) is 1. The van der Waals surface area contributed by atoms with Crippen LogP contribution in [0.2, 0.25) is 0 Å². The Labute approximate surface area is 207 Å². The molecular weight excluding hydrogens is 473 g/mol. The van der Waals surface area contributed by atoms with Gasteiger partial charge in [-0.05, 0) is 68.0 Å². The molecule has 7 nitrogen and oxygen atoms in total. The molecule has 1 aromatic heterocycles. The second kappa shape index (κ2) is 13.6. The van der Waals surface area contributed by atoms with Crippen molar-refractivity contribution in [1.29, 1.82) is 0 Å². The monoisotopic (exact) mass is 500 g/mol. The van der Waals surface area contributed by atoms with Crippen LogP contribution in [0.1, 0.15) is 35.3 Å². The Hall–Kier alpha value is -4.18. The molecule has 0 fully saturated rings. The molecule has 2 amide bonds. The SMILES string of the molecule is CCOCC.Nc1ncccc1NC(=O)/C=C/c1cccc(NC(=O)c2cccc(C(F)(F)F)c2)c1. The Kier molecular flexibility index (Phi) is 10.6. The predicted octanol–water partition coefficient (Wildman–Crippen LogP) is 5.63. The Morgan fingerprint density at radius 1 is 1.00 bits per heavy atom. The first-order valence-corrected chi connectivity index (χ1v) is 11.0. The third-order valence-corrected chi connectivity index (χ3v) is 4.53. The van der Waals surface area contributed by atoms with Gasteiger partial charge in [-0.3, -0.25) is 9.59 Å². The highest BCUT2D eigenvalue weighted by molar-refractivity contribution is 6.05. The van der Waals surface area contributed by atoms with Gasteiger partial charge in [0.25, 0.3) is 5.91 Å². The maximum atomic E-state index is 12.8. The Morgan fingerprint density at radius 2 is 1.72 bits per heavy atom. The molecule has 0 unspecified atom stereocenters. The van der Waals surface area contributed by atoms with Crippen LogP contribution in [-0.2, 0) is 15.7 Å². The minimum Gasteiger partial charge on any atom is -0.382 e. The summed E-state index contributed by atoms with van der Waals surface area (Å²) in [5, 5.41) is 5.14. The van der Waals surface area contributed by atoms with Crippen LogP contribution >= 0.6 is 0 Å². The van der Waals surface area contributed by atoms with Gasteiger partial charge in [0.15, 0.2) is 0 Å². The average Bonchev–Trinajstić information content (AvgIpc) is 2.85. The molecule has 4 N–H and O–H groups in total. The minimum absolute atomic E-state index is 0.121. The van der Waals surface area contributed by atoms with Crippen LogP contribution in [0.5, 0.6) is 0 Å². The zero-order valence-electron chi connectivity index (χ0n) is 19.8. The summed E-state index contributed by atoms with van der Waals surface area (Å²) in [6, 6.07) is 13.9. The van der Waals surface area contributed by atoms with E-state index in [-0.39, 0.29) is 11.4 Å². The van der Waals surface area contributed by atoms with Crippen molar-refractivity contribution in [3.05, 3.63) is 89.6 Å². The van der Waals surface area contributed by atoms with E-state index >= 15 is 0 Å². The number of alkyl halides is 3. The van der Waals surface area contributed by atoms with Gasteiger partial charge in [-0.2, -0.15) is 13.2 Å². The summed E-state index contributed by atoms with van der Waals surface area (Å²) in [6.45, 7) is 5.67. The lowest BCUT2D eigenvalue weighted by molar-refractivity contribution is -0.137. The van der Waals surface area contributed by atoms with Gasteiger partial charge in [0.05, 0.1) is 11.3 Å². The van der Waals surface area contributed by atoms with Crippen molar-refractivity contribution in [3.63, 3.8) is 0 Å². The van der Waals surface area contributed by atoms with Gasteiger partial charge in [-0.25, -0.2) is 4.98 Å². The molecule has 0 atom stereocenters. The molecule has 0 aliphatic carbocycles. The van der Waals surface area contributed by atoms with Crippen molar-refractivity contribution < 1.29 is 27.5 Å². The maximum absolute atomic E-state index is 12.8. The number of nitrogen functional groups attached to an aromatic ring is 1. The first-order valence-electron chi connectivity index (χ1n) is 11.0. The molecule has 0 saturated heterocycles. The second-order valence-electron chi connectivity index (χ2n) is 7.20. The number of aromatic nitrogens is 1. The lowest BCUT2D eigenvalue weighted by Crippen LogP contribution is -2.14. The normalized spacial score (nSPS) is 10.9. The zero-order valence-corrected chi connectivity index (χ0v) is 19.8. The minimum atomic E-state index is -4.54. The molecule has 10 heteroatoms. The number of pyridine rings is 1. The number of hydrogen-bond donors (Lipinski definition) is 3. The summed E-state index contributed by atoms with van der Waals surface area (Å²) in [4.78, 5) is 28.3. The fraction of sp³-hybridized carbons (Fsp3) is 0.192. The molecule has 0 radical (unpaired) electrons. The number of anilines is 3. The lowest BCUT2D eigenvalue weighted by atomic mass is 10.1. The largest absolute Gasteiger partial charge is 0.416 e. The van der Waals surface area contributed by atoms with Gasteiger partial charge in [-0.1, -0.05) is 18.2 Å². The molecule has 0 aliphatic rings. The summed E-state index contributed by atoms with van der Waals surface area (Å²) in [6.07, 6.45) is -0.246. The fourth-order valence-electron chi connectivity index (χ4n) is 2.83.